The molecule has 1 amide bonds. The Hall–Kier alpha value is -2.75. The normalized spacial score (nSPS) is 13.6. The predicted octanol–water partition coefficient (Wildman–Crippen LogP) is 4.76. The van der Waals surface area contributed by atoms with Crippen LogP contribution in [0.4, 0.5) is 4.39 Å². The van der Waals surface area contributed by atoms with Crippen LogP contribution < -0.4 is 5.32 Å². The second kappa shape index (κ2) is 7.24. The van der Waals surface area contributed by atoms with Gasteiger partial charge >= 0.3 is 0 Å². The molecule has 1 N–H and O–H groups in total. The quantitative estimate of drug-likeness (QED) is 0.721. The van der Waals surface area contributed by atoms with Crippen LogP contribution in [-0.4, -0.2) is 16.4 Å². The summed E-state index contributed by atoms with van der Waals surface area (Å²) in [7, 11) is 0. The van der Waals surface area contributed by atoms with Gasteiger partial charge in [-0.15, -0.1) is 0 Å². The maximum atomic E-state index is 13.8. The standard InChI is InChI=1S/C22H23FN2O/c1-15(2)22(3,13-16-8-5-4-6-9-16)25-21(26)18-12-17-10-7-11-19(23)20(17)24-14-18/h4-12,14-15H,13H2,1-3H3,(H,25,26). The fourth-order valence-electron chi connectivity index (χ4n) is 2.99. The minimum atomic E-state index is -0.407. The van der Waals surface area contributed by atoms with Crippen molar-refractivity contribution in [1.29, 1.82) is 0 Å². The van der Waals surface area contributed by atoms with Crippen LogP contribution in [0.5, 0.6) is 0 Å². The number of hydrogen-bond donors (Lipinski definition) is 1. The van der Waals surface area contributed by atoms with Gasteiger partial charge in [-0.1, -0.05) is 56.3 Å². The van der Waals surface area contributed by atoms with Gasteiger partial charge in [0.2, 0.25) is 0 Å². The van der Waals surface area contributed by atoms with Gasteiger partial charge in [-0.3, -0.25) is 9.78 Å². The first kappa shape index (κ1) is 18.1. The van der Waals surface area contributed by atoms with Crippen LogP contribution in [0.25, 0.3) is 10.9 Å². The highest BCUT2D eigenvalue weighted by molar-refractivity contribution is 5.97. The average molecular weight is 350 g/mol. The summed E-state index contributed by atoms with van der Waals surface area (Å²) in [5, 5.41) is 3.78. The molecule has 0 aliphatic heterocycles. The molecule has 3 nitrogen and oxygen atoms in total. The van der Waals surface area contributed by atoms with Gasteiger partial charge in [0, 0.05) is 17.1 Å². The van der Waals surface area contributed by atoms with Crippen molar-refractivity contribution in [2.24, 2.45) is 5.92 Å². The van der Waals surface area contributed by atoms with Crippen molar-refractivity contribution < 1.29 is 9.18 Å². The lowest BCUT2D eigenvalue weighted by Gasteiger charge is -2.35. The minimum absolute atomic E-state index is 0.198. The van der Waals surface area contributed by atoms with Crippen molar-refractivity contribution in [2.45, 2.75) is 32.7 Å². The Morgan fingerprint density at radius 1 is 1.15 bits per heavy atom. The zero-order chi connectivity index (χ0) is 18.7. The SMILES string of the molecule is CC(C)C(C)(Cc1ccccc1)NC(=O)c1cnc2c(F)cccc2c1. The number of nitrogens with one attached hydrogen (secondary N) is 1. The van der Waals surface area contributed by atoms with E-state index in [9.17, 15) is 9.18 Å². The monoisotopic (exact) mass is 350 g/mol. The Morgan fingerprint density at radius 2 is 1.88 bits per heavy atom. The van der Waals surface area contributed by atoms with Gasteiger partial charge in [-0.05, 0) is 37.0 Å². The van der Waals surface area contributed by atoms with E-state index in [0.717, 1.165) is 6.42 Å². The van der Waals surface area contributed by atoms with Gasteiger partial charge in [-0.25, -0.2) is 4.39 Å². The van der Waals surface area contributed by atoms with Crippen molar-refractivity contribution in [2.75, 3.05) is 0 Å². The first-order valence-corrected chi connectivity index (χ1v) is 8.80. The van der Waals surface area contributed by atoms with Crippen molar-refractivity contribution in [3.05, 3.63) is 77.7 Å². The summed E-state index contributed by atoms with van der Waals surface area (Å²) in [6.45, 7) is 6.24. The van der Waals surface area contributed by atoms with Gasteiger partial charge in [0.1, 0.15) is 11.3 Å². The van der Waals surface area contributed by atoms with Crippen molar-refractivity contribution in [3.8, 4) is 0 Å². The van der Waals surface area contributed by atoms with Crippen LogP contribution in [0.3, 0.4) is 0 Å². The topological polar surface area (TPSA) is 42.0 Å². The van der Waals surface area contributed by atoms with E-state index in [4.69, 9.17) is 0 Å². The van der Waals surface area contributed by atoms with Gasteiger partial charge in [0.15, 0.2) is 0 Å². The molecular formula is C22H23FN2O. The van der Waals surface area contributed by atoms with E-state index < -0.39 is 5.54 Å². The van der Waals surface area contributed by atoms with Crippen LogP contribution in [-0.2, 0) is 6.42 Å². The molecule has 3 aromatic rings. The molecule has 0 saturated heterocycles. The van der Waals surface area contributed by atoms with E-state index in [1.807, 2.05) is 18.2 Å². The largest absolute Gasteiger partial charge is 0.346 e. The van der Waals surface area contributed by atoms with Crippen LogP contribution in [0, 0.1) is 11.7 Å². The number of halogens is 1. The number of aromatic nitrogens is 1. The van der Waals surface area contributed by atoms with Crippen LogP contribution in [0.2, 0.25) is 0 Å². The van der Waals surface area contributed by atoms with Gasteiger partial charge in [0.25, 0.3) is 5.91 Å². The molecule has 1 atom stereocenters. The smallest absolute Gasteiger partial charge is 0.253 e. The third kappa shape index (κ3) is 3.74. The van der Waals surface area contributed by atoms with E-state index >= 15 is 0 Å². The Bertz CT molecular complexity index is 924. The number of amides is 1. The first-order chi connectivity index (χ1) is 12.4. The maximum absolute atomic E-state index is 13.8. The summed E-state index contributed by atoms with van der Waals surface area (Å²) in [6.07, 6.45) is 2.16. The summed E-state index contributed by atoms with van der Waals surface area (Å²) in [4.78, 5) is 17.0. The van der Waals surface area contributed by atoms with E-state index in [2.05, 4.69) is 43.2 Å². The van der Waals surface area contributed by atoms with Crippen LogP contribution in [0.1, 0.15) is 36.7 Å². The molecule has 26 heavy (non-hydrogen) atoms. The molecule has 4 heteroatoms. The number of rotatable bonds is 5. The molecule has 0 fully saturated rings. The zero-order valence-corrected chi connectivity index (χ0v) is 15.3. The van der Waals surface area contributed by atoms with E-state index in [1.165, 1.54) is 17.8 Å². The van der Waals surface area contributed by atoms with E-state index in [-0.39, 0.29) is 23.2 Å². The van der Waals surface area contributed by atoms with Crippen molar-refractivity contribution in [3.63, 3.8) is 0 Å². The molecule has 0 saturated carbocycles. The average Bonchev–Trinajstić information content (AvgIpc) is 2.62. The van der Waals surface area contributed by atoms with Crippen molar-refractivity contribution >= 4 is 16.8 Å². The summed E-state index contributed by atoms with van der Waals surface area (Å²) < 4.78 is 13.8. The predicted molar refractivity (Wildman–Crippen MR) is 103 cm³/mol. The molecule has 3 rings (SSSR count). The number of hydrogen-bond acceptors (Lipinski definition) is 2. The summed E-state index contributed by atoms with van der Waals surface area (Å²) in [5.41, 5.74) is 1.47. The Labute approximate surface area is 153 Å². The molecular weight excluding hydrogens is 327 g/mol. The van der Waals surface area contributed by atoms with E-state index in [1.54, 1.807) is 18.2 Å². The highest BCUT2D eigenvalue weighted by Crippen LogP contribution is 2.23. The number of carbonyl (C=O) groups excluding carboxylic acids is 1. The van der Waals surface area contributed by atoms with Gasteiger partial charge in [0.05, 0.1) is 5.56 Å². The van der Waals surface area contributed by atoms with Gasteiger partial charge < -0.3 is 5.32 Å². The first-order valence-electron chi connectivity index (χ1n) is 8.80. The number of benzene rings is 2. The Morgan fingerprint density at radius 3 is 2.58 bits per heavy atom. The molecule has 0 bridgehead atoms. The lowest BCUT2D eigenvalue weighted by Crippen LogP contribution is -2.51. The van der Waals surface area contributed by atoms with Crippen LogP contribution >= 0.6 is 0 Å². The van der Waals surface area contributed by atoms with E-state index in [0.29, 0.717) is 10.9 Å². The summed E-state index contributed by atoms with van der Waals surface area (Å²) in [5.74, 6) is -0.348. The molecule has 0 radical (unpaired) electrons. The summed E-state index contributed by atoms with van der Waals surface area (Å²) >= 11 is 0. The highest BCUT2D eigenvalue weighted by Gasteiger charge is 2.31. The molecule has 1 unspecified atom stereocenters. The molecule has 2 aromatic carbocycles. The van der Waals surface area contributed by atoms with Gasteiger partial charge in [-0.2, -0.15) is 0 Å². The summed E-state index contributed by atoms with van der Waals surface area (Å²) in [6, 6.07) is 16.5. The highest BCUT2D eigenvalue weighted by atomic mass is 19.1. The minimum Gasteiger partial charge on any atom is -0.346 e. The second-order valence-corrected chi connectivity index (χ2v) is 7.22. The van der Waals surface area contributed by atoms with Crippen LogP contribution in [0.15, 0.2) is 60.8 Å². The number of pyridine rings is 1. The molecule has 134 valence electrons. The number of nitrogens with zero attached hydrogens (tertiary/aromatic N) is 1. The molecule has 1 aromatic heterocycles. The molecule has 0 aliphatic carbocycles. The number of para-hydroxylation sites is 1. The van der Waals surface area contributed by atoms with Crippen molar-refractivity contribution in [1.82, 2.24) is 10.3 Å². The fourth-order valence-corrected chi connectivity index (χ4v) is 2.99. The fraction of sp³-hybridized carbons (Fsp3) is 0.273. The Balaban J connectivity index is 1.86. The Kier molecular flexibility index (Phi) is 5.03. The second-order valence-electron chi connectivity index (χ2n) is 7.22. The number of fused-ring (bicyclic) bond motifs is 1. The number of carbonyl (C=O) groups is 1. The third-order valence-electron chi connectivity index (χ3n) is 5.01. The lowest BCUT2D eigenvalue weighted by atomic mass is 9.82. The maximum Gasteiger partial charge on any atom is 0.253 e. The molecule has 0 spiro atoms. The lowest BCUT2D eigenvalue weighted by molar-refractivity contribution is 0.0877. The third-order valence-corrected chi connectivity index (χ3v) is 5.01. The molecule has 0 aliphatic rings. The zero-order valence-electron chi connectivity index (χ0n) is 15.3. The molecule has 1 heterocycles.